The molecule has 7 heteroatoms. The number of nitrogens with one attached hydrogen (secondary N) is 1. The number of carbonyl (C=O) groups excluding carboxylic acids is 1. The minimum atomic E-state index is -4.72. The maximum atomic E-state index is 12.5. The number of alkyl halides is 2. The largest absolute Gasteiger partial charge is 0.341 e. The van der Waals surface area contributed by atoms with Crippen LogP contribution in [-0.4, -0.2) is 20.1 Å². The van der Waals surface area contributed by atoms with Crippen molar-refractivity contribution in [2.45, 2.75) is 24.0 Å². The van der Waals surface area contributed by atoms with Crippen LogP contribution in [0.5, 0.6) is 0 Å². The second-order valence-corrected chi connectivity index (χ2v) is 6.50. The van der Waals surface area contributed by atoms with Crippen molar-refractivity contribution in [3.05, 3.63) is 24.3 Å². The third-order valence-electron chi connectivity index (χ3n) is 3.13. The highest BCUT2D eigenvalue weighted by Gasteiger charge is 2.39. The normalized spacial score (nSPS) is 22.3. The maximum absolute atomic E-state index is 12.5. The number of para-hydroxylation sites is 1. The summed E-state index contributed by atoms with van der Waals surface area (Å²) in [6.07, 6.45) is 0.732. The molecule has 1 aromatic rings. The van der Waals surface area contributed by atoms with Crippen LogP contribution >= 0.6 is 0 Å². The van der Waals surface area contributed by atoms with Crippen molar-refractivity contribution >= 4 is 21.4 Å². The van der Waals surface area contributed by atoms with Gasteiger partial charge >= 0.3 is 5.76 Å². The van der Waals surface area contributed by atoms with Crippen LogP contribution in [0, 0.1) is 11.8 Å². The highest BCUT2D eigenvalue weighted by Crippen LogP contribution is 2.39. The average Bonchev–Trinajstić information content (AvgIpc) is 3.07. The lowest BCUT2D eigenvalue weighted by Crippen LogP contribution is -2.19. The summed E-state index contributed by atoms with van der Waals surface area (Å²) in [6, 6.07) is 5.19. The fourth-order valence-electron chi connectivity index (χ4n) is 1.83. The summed E-state index contributed by atoms with van der Waals surface area (Å²) in [4.78, 5) is 11.2. The summed E-state index contributed by atoms with van der Waals surface area (Å²) in [5.74, 6) is -3.75. The molecule has 0 saturated heterocycles. The standard InChI is InChI=1S/C12H13F2NO3S/c1-7-6-8(7)11(16)15-9-4-2-3-5-10(9)19(17,18)12(13)14/h2-5,7-8,12H,6H2,1H3,(H,15,16). The Hall–Kier alpha value is -1.50. The molecule has 2 unspecified atom stereocenters. The van der Waals surface area contributed by atoms with Gasteiger partial charge in [-0.2, -0.15) is 8.78 Å². The van der Waals surface area contributed by atoms with Crippen molar-refractivity contribution in [3.63, 3.8) is 0 Å². The van der Waals surface area contributed by atoms with Gasteiger partial charge in [0.15, 0.2) is 0 Å². The van der Waals surface area contributed by atoms with Gasteiger partial charge in [-0.15, -0.1) is 0 Å². The molecule has 104 valence electrons. The van der Waals surface area contributed by atoms with E-state index in [1.807, 2.05) is 6.92 Å². The van der Waals surface area contributed by atoms with E-state index in [1.165, 1.54) is 18.2 Å². The number of amides is 1. The van der Waals surface area contributed by atoms with E-state index in [4.69, 9.17) is 0 Å². The lowest BCUT2D eigenvalue weighted by Gasteiger charge is -2.11. The lowest BCUT2D eigenvalue weighted by molar-refractivity contribution is -0.117. The van der Waals surface area contributed by atoms with Crippen molar-refractivity contribution in [1.82, 2.24) is 0 Å². The molecule has 1 amide bonds. The first-order valence-corrected chi connectivity index (χ1v) is 7.30. The molecule has 4 nitrogen and oxygen atoms in total. The molecule has 0 bridgehead atoms. The first kappa shape index (κ1) is 13.9. The van der Waals surface area contributed by atoms with Gasteiger partial charge in [-0.25, -0.2) is 8.42 Å². The first-order chi connectivity index (χ1) is 8.84. The highest BCUT2D eigenvalue weighted by atomic mass is 32.2. The number of rotatable bonds is 4. The van der Waals surface area contributed by atoms with E-state index < -0.39 is 20.5 Å². The first-order valence-electron chi connectivity index (χ1n) is 5.76. The molecule has 2 atom stereocenters. The number of halogens is 2. The monoisotopic (exact) mass is 289 g/mol. The Morgan fingerprint density at radius 3 is 2.47 bits per heavy atom. The quantitative estimate of drug-likeness (QED) is 0.925. The summed E-state index contributed by atoms with van der Waals surface area (Å²) in [7, 11) is -4.72. The number of anilines is 1. The summed E-state index contributed by atoms with van der Waals surface area (Å²) < 4.78 is 48.1. The number of hydrogen-bond acceptors (Lipinski definition) is 3. The predicted octanol–water partition coefficient (Wildman–Crippen LogP) is 2.28. The van der Waals surface area contributed by atoms with E-state index in [2.05, 4.69) is 5.32 Å². The number of benzene rings is 1. The fraction of sp³-hybridized carbons (Fsp3) is 0.417. The fourth-order valence-corrected chi connectivity index (χ4v) is 2.71. The molecule has 0 radical (unpaired) electrons. The summed E-state index contributed by atoms with van der Waals surface area (Å²) >= 11 is 0. The minimum Gasteiger partial charge on any atom is -0.325 e. The van der Waals surface area contributed by atoms with Gasteiger partial charge in [0.2, 0.25) is 15.7 Å². The third kappa shape index (κ3) is 2.75. The maximum Gasteiger partial charge on any atom is 0.341 e. The summed E-state index contributed by atoms with van der Waals surface area (Å²) in [5, 5.41) is 2.41. The molecule has 0 aliphatic heterocycles. The van der Waals surface area contributed by atoms with Gasteiger partial charge in [0.1, 0.15) is 0 Å². The van der Waals surface area contributed by atoms with Gasteiger partial charge in [0.05, 0.1) is 10.6 Å². The van der Waals surface area contributed by atoms with Crippen LogP contribution in [-0.2, 0) is 14.6 Å². The van der Waals surface area contributed by atoms with Gasteiger partial charge in [-0.1, -0.05) is 19.1 Å². The van der Waals surface area contributed by atoms with Crippen LogP contribution in [0.3, 0.4) is 0 Å². The molecule has 2 rings (SSSR count). The zero-order valence-electron chi connectivity index (χ0n) is 10.1. The van der Waals surface area contributed by atoms with Gasteiger partial charge < -0.3 is 5.32 Å². The van der Waals surface area contributed by atoms with Crippen LogP contribution < -0.4 is 5.32 Å². The van der Waals surface area contributed by atoms with E-state index in [9.17, 15) is 22.0 Å². The number of hydrogen-bond donors (Lipinski definition) is 1. The zero-order chi connectivity index (χ0) is 14.2. The number of carbonyl (C=O) groups is 1. The second-order valence-electron chi connectivity index (χ2n) is 4.61. The molecule has 0 spiro atoms. The molecule has 1 aliphatic rings. The molecule has 1 aliphatic carbocycles. The van der Waals surface area contributed by atoms with Crippen molar-refractivity contribution in [3.8, 4) is 0 Å². The smallest absolute Gasteiger partial charge is 0.325 e. The van der Waals surface area contributed by atoms with Gasteiger partial charge in [0.25, 0.3) is 0 Å². The highest BCUT2D eigenvalue weighted by molar-refractivity contribution is 7.91. The molecule has 1 aromatic carbocycles. The van der Waals surface area contributed by atoms with E-state index in [0.717, 1.165) is 12.5 Å². The molecular formula is C12H13F2NO3S. The predicted molar refractivity (Wildman–Crippen MR) is 65.5 cm³/mol. The molecule has 1 N–H and O–H groups in total. The van der Waals surface area contributed by atoms with E-state index >= 15 is 0 Å². The van der Waals surface area contributed by atoms with Crippen LogP contribution in [0.1, 0.15) is 13.3 Å². The van der Waals surface area contributed by atoms with Crippen LogP contribution in [0.25, 0.3) is 0 Å². The Balaban J connectivity index is 2.29. The van der Waals surface area contributed by atoms with Crippen LogP contribution in [0.15, 0.2) is 29.2 Å². The Morgan fingerprint density at radius 1 is 1.37 bits per heavy atom. The Morgan fingerprint density at radius 2 is 1.95 bits per heavy atom. The van der Waals surface area contributed by atoms with Gasteiger partial charge in [-0.3, -0.25) is 4.79 Å². The van der Waals surface area contributed by atoms with Gasteiger partial charge in [0, 0.05) is 5.92 Å². The lowest BCUT2D eigenvalue weighted by atomic mass is 10.3. The Labute approximate surface area is 109 Å². The third-order valence-corrected chi connectivity index (χ3v) is 4.57. The SMILES string of the molecule is CC1CC1C(=O)Nc1ccccc1S(=O)(=O)C(F)F. The van der Waals surface area contributed by atoms with Crippen molar-refractivity contribution in [2.24, 2.45) is 11.8 Å². The molecule has 1 fully saturated rings. The van der Waals surface area contributed by atoms with Gasteiger partial charge in [-0.05, 0) is 24.5 Å². The minimum absolute atomic E-state index is 0.0908. The van der Waals surface area contributed by atoms with Crippen LogP contribution in [0.4, 0.5) is 14.5 Å². The van der Waals surface area contributed by atoms with Crippen molar-refractivity contribution in [1.29, 1.82) is 0 Å². The van der Waals surface area contributed by atoms with Crippen LogP contribution in [0.2, 0.25) is 0 Å². The van der Waals surface area contributed by atoms with E-state index in [-0.39, 0.29) is 23.4 Å². The molecule has 0 aromatic heterocycles. The van der Waals surface area contributed by atoms with Crippen molar-refractivity contribution < 1.29 is 22.0 Å². The summed E-state index contributed by atoms with van der Waals surface area (Å²) in [5.41, 5.74) is -0.0908. The zero-order valence-corrected chi connectivity index (χ0v) is 11.0. The topological polar surface area (TPSA) is 63.2 Å². The van der Waals surface area contributed by atoms with Crippen molar-refractivity contribution in [2.75, 3.05) is 5.32 Å². The molecule has 19 heavy (non-hydrogen) atoms. The number of sulfone groups is 1. The molecule has 1 saturated carbocycles. The average molecular weight is 289 g/mol. The Bertz CT molecular complexity index is 601. The van der Waals surface area contributed by atoms with E-state index in [0.29, 0.717) is 0 Å². The summed E-state index contributed by atoms with van der Waals surface area (Å²) in [6.45, 7) is 1.89. The van der Waals surface area contributed by atoms with E-state index in [1.54, 1.807) is 0 Å². The second kappa shape index (κ2) is 4.88. The molecular weight excluding hydrogens is 276 g/mol. The Kier molecular flexibility index (Phi) is 3.58. The molecule has 0 heterocycles.